The lowest BCUT2D eigenvalue weighted by Gasteiger charge is -2.09. The van der Waals surface area contributed by atoms with Crippen molar-refractivity contribution in [3.05, 3.63) is 28.5 Å². The number of nitrogens with zero attached hydrogens (tertiary/aromatic N) is 3. The van der Waals surface area contributed by atoms with Gasteiger partial charge < -0.3 is 15.5 Å². The highest BCUT2D eigenvalue weighted by molar-refractivity contribution is 6.36. The molecule has 0 atom stereocenters. The standard InChI is InChI=1S/C12H9Cl2N5O/c1-20-8-3-6(13)5(2-7(8)14)9-10-11(17-4-16-10)19-12(15)18-9/h2-4H,1H3,(H3,15,16,17,18,19). The van der Waals surface area contributed by atoms with Gasteiger partial charge in [0.25, 0.3) is 0 Å². The molecule has 102 valence electrons. The van der Waals surface area contributed by atoms with E-state index in [9.17, 15) is 0 Å². The zero-order valence-corrected chi connectivity index (χ0v) is 11.8. The monoisotopic (exact) mass is 309 g/mol. The van der Waals surface area contributed by atoms with Crippen molar-refractivity contribution >= 4 is 40.3 Å². The van der Waals surface area contributed by atoms with E-state index in [1.165, 1.54) is 13.4 Å². The van der Waals surface area contributed by atoms with Crippen molar-refractivity contribution in [2.75, 3.05) is 12.8 Å². The van der Waals surface area contributed by atoms with E-state index in [1.54, 1.807) is 12.1 Å². The molecule has 0 bridgehead atoms. The van der Waals surface area contributed by atoms with E-state index in [2.05, 4.69) is 19.9 Å². The molecule has 0 unspecified atom stereocenters. The maximum Gasteiger partial charge on any atom is 0.222 e. The van der Waals surface area contributed by atoms with Crippen LogP contribution in [0.25, 0.3) is 22.4 Å². The maximum absolute atomic E-state index is 6.26. The van der Waals surface area contributed by atoms with E-state index in [0.29, 0.717) is 38.2 Å². The summed E-state index contributed by atoms with van der Waals surface area (Å²) in [6, 6.07) is 3.30. The Bertz CT molecular complexity index is 802. The molecule has 3 aromatic rings. The Morgan fingerprint density at radius 2 is 2.00 bits per heavy atom. The fraction of sp³-hybridized carbons (Fsp3) is 0.0833. The number of fused-ring (bicyclic) bond motifs is 1. The molecule has 6 nitrogen and oxygen atoms in total. The number of anilines is 1. The third-order valence-corrected chi connectivity index (χ3v) is 3.41. The minimum absolute atomic E-state index is 0.114. The number of nitrogens with one attached hydrogen (secondary N) is 1. The Morgan fingerprint density at radius 3 is 2.75 bits per heavy atom. The third kappa shape index (κ3) is 2.03. The van der Waals surface area contributed by atoms with Crippen LogP contribution in [0.2, 0.25) is 10.0 Å². The summed E-state index contributed by atoms with van der Waals surface area (Å²) in [6.45, 7) is 0. The number of aromatic amines is 1. The second kappa shape index (κ2) is 4.81. The molecule has 1 aromatic carbocycles. The topological polar surface area (TPSA) is 89.7 Å². The highest BCUT2D eigenvalue weighted by Crippen LogP contribution is 2.37. The molecule has 0 spiro atoms. The van der Waals surface area contributed by atoms with Crippen LogP contribution in [-0.4, -0.2) is 27.0 Å². The summed E-state index contributed by atoms with van der Waals surface area (Å²) in [7, 11) is 1.52. The fourth-order valence-corrected chi connectivity index (χ4v) is 2.40. The molecule has 3 N–H and O–H groups in total. The van der Waals surface area contributed by atoms with E-state index >= 15 is 0 Å². The maximum atomic E-state index is 6.26. The Kier molecular flexibility index (Phi) is 3.11. The van der Waals surface area contributed by atoms with E-state index < -0.39 is 0 Å². The van der Waals surface area contributed by atoms with Crippen molar-refractivity contribution in [3.63, 3.8) is 0 Å². The molecule has 0 amide bonds. The molecule has 2 aromatic heterocycles. The Balaban J connectivity index is 2.30. The molecule has 20 heavy (non-hydrogen) atoms. The molecule has 2 heterocycles. The smallest absolute Gasteiger partial charge is 0.222 e. The van der Waals surface area contributed by atoms with Crippen LogP contribution in [0.1, 0.15) is 0 Å². The van der Waals surface area contributed by atoms with Gasteiger partial charge in [-0.05, 0) is 6.07 Å². The van der Waals surface area contributed by atoms with Gasteiger partial charge in [-0.25, -0.2) is 9.97 Å². The number of aromatic nitrogens is 4. The first-order valence-electron chi connectivity index (χ1n) is 5.60. The molecule has 0 saturated carbocycles. The van der Waals surface area contributed by atoms with E-state index in [1.807, 2.05) is 0 Å². The van der Waals surface area contributed by atoms with Crippen LogP contribution in [-0.2, 0) is 0 Å². The van der Waals surface area contributed by atoms with Crippen molar-refractivity contribution in [2.45, 2.75) is 0 Å². The molecule has 0 saturated heterocycles. The normalized spacial score (nSPS) is 10.9. The minimum Gasteiger partial charge on any atom is -0.495 e. The number of nitrogens with two attached hydrogens (primary N) is 1. The third-order valence-electron chi connectivity index (χ3n) is 2.80. The van der Waals surface area contributed by atoms with Gasteiger partial charge in [0.05, 0.1) is 23.5 Å². The van der Waals surface area contributed by atoms with Gasteiger partial charge in [-0.2, -0.15) is 4.98 Å². The average Bonchev–Trinajstić information content (AvgIpc) is 2.88. The second-order valence-corrected chi connectivity index (χ2v) is 4.81. The molecule has 0 aliphatic rings. The predicted molar refractivity (Wildman–Crippen MR) is 78.1 cm³/mol. The largest absolute Gasteiger partial charge is 0.495 e. The highest BCUT2D eigenvalue weighted by Gasteiger charge is 2.16. The Labute approximate surface area is 123 Å². The summed E-state index contributed by atoms with van der Waals surface area (Å²) in [5, 5.41) is 0.872. The van der Waals surface area contributed by atoms with Gasteiger partial charge in [-0.3, -0.25) is 0 Å². The van der Waals surface area contributed by atoms with Gasteiger partial charge in [0.15, 0.2) is 5.65 Å². The lowest BCUT2D eigenvalue weighted by molar-refractivity contribution is 0.415. The number of hydrogen-bond donors (Lipinski definition) is 2. The van der Waals surface area contributed by atoms with Gasteiger partial charge in [0.2, 0.25) is 5.95 Å². The molecule has 0 fully saturated rings. The first-order chi connectivity index (χ1) is 9.60. The molecule has 0 radical (unpaired) electrons. The SMILES string of the molecule is COc1cc(Cl)c(-c2nc(N)nc3nc[nH]c23)cc1Cl. The molecular weight excluding hydrogens is 301 g/mol. The number of rotatable bonds is 2. The molecule has 8 heteroatoms. The van der Waals surface area contributed by atoms with Crippen LogP contribution in [0, 0.1) is 0 Å². The zero-order chi connectivity index (χ0) is 14.3. The summed E-state index contributed by atoms with van der Waals surface area (Å²) < 4.78 is 5.12. The van der Waals surface area contributed by atoms with E-state index in [-0.39, 0.29) is 5.95 Å². The van der Waals surface area contributed by atoms with Gasteiger partial charge in [0.1, 0.15) is 17.0 Å². The summed E-state index contributed by atoms with van der Waals surface area (Å²) in [5.74, 6) is 0.603. The van der Waals surface area contributed by atoms with Gasteiger partial charge in [-0.15, -0.1) is 0 Å². The van der Waals surface area contributed by atoms with Crippen LogP contribution in [0.4, 0.5) is 5.95 Å². The number of H-pyrrole nitrogens is 1. The first-order valence-corrected chi connectivity index (χ1v) is 6.35. The zero-order valence-electron chi connectivity index (χ0n) is 10.3. The number of methoxy groups -OCH3 is 1. The van der Waals surface area contributed by atoms with Crippen LogP contribution >= 0.6 is 23.2 Å². The highest BCUT2D eigenvalue weighted by atomic mass is 35.5. The van der Waals surface area contributed by atoms with E-state index in [0.717, 1.165) is 0 Å². The lowest BCUT2D eigenvalue weighted by Crippen LogP contribution is -1.98. The van der Waals surface area contributed by atoms with Crippen molar-refractivity contribution in [2.24, 2.45) is 0 Å². The molecule has 0 aliphatic carbocycles. The van der Waals surface area contributed by atoms with Crippen LogP contribution in [0.15, 0.2) is 18.5 Å². The Hall–Kier alpha value is -2.05. The number of nitrogen functional groups attached to an aromatic ring is 1. The molecule has 3 rings (SSSR count). The van der Waals surface area contributed by atoms with Crippen LogP contribution < -0.4 is 10.5 Å². The number of imidazole rings is 1. The number of halogens is 2. The quantitative estimate of drug-likeness (QED) is 0.759. The van der Waals surface area contributed by atoms with Crippen molar-refractivity contribution in [3.8, 4) is 17.0 Å². The predicted octanol–water partition coefficient (Wildman–Crippen LogP) is 2.92. The first kappa shape index (κ1) is 13.0. The summed E-state index contributed by atoms with van der Waals surface area (Å²) in [5.41, 5.74) is 7.96. The van der Waals surface area contributed by atoms with Crippen molar-refractivity contribution in [1.82, 2.24) is 19.9 Å². The van der Waals surface area contributed by atoms with Crippen LogP contribution in [0.3, 0.4) is 0 Å². The van der Waals surface area contributed by atoms with Gasteiger partial charge in [-0.1, -0.05) is 23.2 Å². The summed E-state index contributed by atoms with van der Waals surface area (Å²) in [4.78, 5) is 15.3. The number of hydrogen-bond acceptors (Lipinski definition) is 5. The lowest BCUT2D eigenvalue weighted by atomic mass is 10.1. The van der Waals surface area contributed by atoms with Crippen molar-refractivity contribution in [1.29, 1.82) is 0 Å². The Morgan fingerprint density at radius 1 is 1.20 bits per heavy atom. The van der Waals surface area contributed by atoms with E-state index in [4.69, 9.17) is 33.7 Å². The molecular formula is C12H9Cl2N5O. The molecule has 0 aliphatic heterocycles. The van der Waals surface area contributed by atoms with Gasteiger partial charge in [0, 0.05) is 11.6 Å². The average molecular weight is 310 g/mol. The number of benzene rings is 1. The summed E-state index contributed by atoms with van der Waals surface area (Å²) in [6.07, 6.45) is 1.52. The van der Waals surface area contributed by atoms with Gasteiger partial charge >= 0.3 is 0 Å². The number of ether oxygens (including phenoxy) is 1. The second-order valence-electron chi connectivity index (χ2n) is 4.00. The fourth-order valence-electron chi connectivity index (χ4n) is 1.91. The minimum atomic E-state index is 0.114. The van der Waals surface area contributed by atoms with Crippen LogP contribution in [0.5, 0.6) is 5.75 Å². The summed E-state index contributed by atoms with van der Waals surface area (Å²) >= 11 is 12.4. The van der Waals surface area contributed by atoms with Crippen molar-refractivity contribution < 1.29 is 4.74 Å².